The first-order chi connectivity index (χ1) is 10.00. The van der Waals surface area contributed by atoms with Gasteiger partial charge in [0.15, 0.2) is 5.41 Å². The summed E-state index contributed by atoms with van der Waals surface area (Å²) in [5, 5.41) is 10.0. The van der Waals surface area contributed by atoms with Crippen LogP contribution in [0.25, 0.3) is 0 Å². The van der Waals surface area contributed by atoms with Crippen LogP contribution >= 0.6 is 0 Å². The van der Waals surface area contributed by atoms with Gasteiger partial charge in [0.1, 0.15) is 5.75 Å². The second-order valence-electron chi connectivity index (χ2n) is 5.14. The van der Waals surface area contributed by atoms with Gasteiger partial charge < -0.3 is 14.6 Å². The average molecular weight is 290 g/mol. The summed E-state index contributed by atoms with van der Waals surface area (Å²) in [5.41, 5.74) is 0.0289. The van der Waals surface area contributed by atoms with Gasteiger partial charge in [-0.15, -0.1) is 6.58 Å². The lowest BCUT2D eigenvalue weighted by Crippen LogP contribution is -2.46. The van der Waals surface area contributed by atoms with Crippen LogP contribution in [0.4, 0.5) is 0 Å². The normalized spacial score (nSPS) is 19.2. The highest BCUT2D eigenvalue weighted by Crippen LogP contribution is 2.47. The molecular formula is C16H18O5. The molecule has 0 saturated heterocycles. The van der Waals surface area contributed by atoms with Crippen molar-refractivity contribution < 1.29 is 24.2 Å². The van der Waals surface area contributed by atoms with Gasteiger partial charge in [0.05, 0.1) is 14.2 Å². The molecule has 1 atom stereocenters. The Balaban J connectivity index is 2.60. The fourth-order valence-electron chi connectivity index (χ4n) is 3.04. The summed E-state index contributed by atoms with van der Waals surface area (Å²) >= 11 is 0. The van der Waals surface area contributed by atoms with Gasteiger partial charge in [-0.2, -0.15) is 0 Å². The molecule has 0 fully saturated rings. The zero-order chi connectivity index (χ0) is 15.6. The Morgan fingerprint density at radius 2 is 1.95 bits per heavy atom. The molecule has 21 heavy (non-hydrogen) atoms. The minimum atomic E-state index is -1.40. The molecule has 5 heteroatoms. The van der Waals surface area contributed by atoms with E-state index in [0.717, 1.165) is 5.56 Å². The Kier molecular flexibility index (Phi) is 4.02. The molecule has 0 heterocycles. The maximum Gasteiger partial charge on any atom is 0.323 e. The summed E-state index contributed by atoms with van der Waals surface area (Å²) in [4.78, 5) is 24.5. The van der Waals surface area contributed by atoms with Crippen LogP contribution < -0.4 is 0 Å². The van der Waals surface area contributed by atoms with Gasteiger partial charge in [0.25, 0.3) is 0 Å². The lowest BCUT2D eigenvalue weighted by molar-refractivity contribution is -0.170. The lowest BCUT2D eigenvalue weighted by Gasteiger charge is -2.36. The Labute approximate surface area is 123 Å². The highest BCUT2D eigenvalue weighted by atomic mass is 16.5. The van der Waals surface area contributed by atoms with Crippen molar-refractivity contribution in [2.45, 2.75) is 18.8 Å². The third-order valence-electron chi connectivity index (χ3n) is 4.04. The van der Waals surface area contributed by atoms with Gasteiger partial charge >= 0.3 is 11.9 Å². The van der Waals surface area contributed by atoms with E-state index in [2.05, 4.69) is 6.58 Å². The number of carbonyl (C=O) groups excluding carboxylic acids is 2. The Morgan fingerprint density at radius 3 is 2.48 bits per heavy atom. The number of aromatic hydroxyl groups is 1. The molecule has 1 N–H and O–H groups in total. The number of hydrogen-bond acceptors (Lipinski definition) is 5. The summed E-state index contributed by atoms with van der Waals surface area (Å²) in [6.45, 7) is 3.74. The number of esters is 2. The van der Waals surface area contributed by atoms with E-state index >= 15 is 0 Å². The number of methoxy groups -OCH3 is 2. The maximum atomic E-state index is 12.2. The Morgan fingerprint density at radius 1 is 1.33 bits per heavy atom. The quantitative estimate of drug-likeness (QED) is 0.523. The first-order valence-corrected chi connectivity index (χ1v) is 6.60. The van der Waals surface area contributed by atoms with Crippen molar-refractivity contribution in [1.29, 1.82) is 0 Å². The molecule has 0 radical (unpaired) electrons. The summed E-state index contributed by atoms with van der Waals surface area (Å²) in [6, 6.07) is 5.04. The van der Waals surface area contributed by atoms with E-state index in [1.54, 1.807) is 24.3 Å². The number of carbonyl (C=O) groups is 2. The predicted octanol–water partition coefficient (Wildman–Crippen LogP) is 1.94. The summed E-state index contributed by atoms with van der Waals surface area (Å²) in [5.74, 6) is -1.45. The van der Waals surface area contributed by atoms with E-state index in [0.29, 0.717) is 5.56 Å². The highest BCUT2D eigenvalue weighted by Gasteiger charge is 2.52. The number of allylic oxidation sites excluding steroid dienone is 1. The molecule has 112 valence electrons. The molecule has 5 nitrogen and oxygen atoms in total. The van der Waals surface area contributed by atoms with Gasteiger partial charge in [0.2, 0.25) is 0 Å². The van der Waals surface area contributed by atoms with E-state index in [9.17, 15) is 14.7 Å². The van der Waals surface area contributed by atoms with E-state index in [1.165, 1.54) is 14.2 Å². The number of ether oxygens (including phenoxy) is 2. The molecule has 0 aromatic heterocycles. The molecule has 0 unspecified atom stereocenters. The van der Waals surface area contributed by atoms with Crippen LogP contribution in [0.5, 0.6) is 5.75 Å². The van der Waals surface area contributed by atoms with Crippen LogP contribution in [0.1, 0.15) is 23.5 Å². The summed E-state index contributed by atoms with van der Waals surface area (Å²) in [7, 11) is 2.49. The molecule has 1 aromatic rings. The summed E-state index contributed by atoms with van der Waals surface area (Å²) < 4.78 is 9.64. The van der Waals surface area contributed by atoms with E-state index in [4.69, 9.17) is 9.47 Å². The van der Waals surface area contributed by atoms with Crippen LogP contribution in [-0.2, 0) is 25.5 Å². The second-order valence-corrected chi connectivity index (χ2v) is 5.14. The molecular weight excluding hydrogens is 272 g/mol. The molecule has 0 amide bonds. The zero-order valence-corrected chi connectivity index (χ0v) is 12.1. The third-order valence-corrected chi connectivity index (χ3v) is 4.04. The number of rotatable bonds is 3. The van der Waals surface area contributed by atoms with Crippen molar-refractivity contribution in [2.75, 3.05) is 14.2 Å². The van der Waals surface area contributed by atoms with Crippen LogP contribution in [0.15, 0.2) is 30.9 Å². The van der Waals surface area contributed by atoms with Gasteiger partial charge in [-0.1, -0.05) is 18.2 Å². The van der Waals surface area contributed by atoms with Crippen LogP contribution in [0.3, 0.4) is 0 Å². The number of fused-ring (bicyclic) bond motifs is 1. The number of phenolic OH excluding ortho intramolecular Hbond substituents is 1. The van der Waals surface area contributed by atoms with E-state index in [1.807, 2.05) is 0 Å². The first kappa shape index (κ1) is 15.1. The van der Waals surface area contributed by atoms with E-state index in [-0.39, 0.29) is 24.5 Å². The predicted molar refractivity (Wildman–Crippen MR) is 75.8 cm³/mol. The van der Waals surface area contributed by atoms with E-state index < -0.39 is 17.4 Å². The molecule has 0 saturated carbocycles. The monoisotopic (exact) mass is 290 g/mol. The number of hydrogen-bond donors (Lipinski definition) is 1. The fraction of sp³-hybridized carbons (Fsp3) is 0.375. The minimum Gasteiger partial charge on any atom is -0.508 e. The fourth-order valence-corrected chi connectivity index (χ4v) is 3.04. The second kappa shape index (κ2) is 5.60. The van der Waals surface area contributed by atoms with Crippen LogP contribution in [0, 0.1) is 5.41 Å². The van der Waals surface area contributed by atoms with Crippen LogP contribution in [-0.4, -0.2) is 31.3 Å². The zero-order valence-electron chi connectivity index (χ0n) is 12.1. The van der Waals surface area contributed by atoms with Crippen molar-refractivity contribution in [3.63, 3.8) is 0 Å². The topological polar surface area (TPSA) is 72.8 Å². The molecule has 0 aliphatic heterocycles. The van der Waals surface area contributed by atoms with Gasteiger partial charge in [-0.3, -0.25) is 9.59 Å². The highest BCUT2D eigenvalue weighted by molar-refractivity contribution is 6.01. The SMILES string of the molecule is C=C[C@H]1CC(C(=O)OC)(C(=O)OC)Cc2cccc(O)c21. The molecule has 0 bridgehead atoms. The first-order valence-electron chi connectivity index (χ1n) is 6.60. The molecule has 0 spiro atoms. The number of benzene rings is 1. The van der Waals surface area contributed by atoms with Gasteiger partial charge in [-0.05, 0) is 24.5 Å². The molecule has 1 aromatic carbocycles. The van der Waals surface area contributed by atoms with Crippen molar-refractivity contribution in [1.82, 2.24) is 0 Å². The van der Waals surface area contributed by atoms with Crippen molar-refractivity contribution in [3.05, 3.63) is 42.0 Å². The largest absolute Gasteiger partial charge is 0.508 e. The van der Waals surface area contributed by atoms with Gasteiger partial charge in [0, 0.05) is 11.5 Å². The lowest BCUT2D eigenvalue weighted by atomic mass is 9.66. The van der Waals surface area contributed by atoms with Crippen molar-refractivity contribution in [3.8, 4) is 5.75 Å². The minimum absolute atomic E-state index is 0.139. The molecule has 1 aliphatic carbocycles. The smallest absolute Gasteiger partial charge is 0.323 e. The molecule has 1 aliphatic rings. The molecule has 2 rings (SSSR count). The average Bonchev–Trinajstić information content (AvgIpc) is 2.52. The Hall–Kier alpha value is -2.30. The number of phenols is 1. The van der Waals surface area contributed by atoms with Gasteiger partial charge in [-0.25, -0.2) is 0 Å². The Bertz CT molecular complexity index is 574. The summed E-state index contributed by atoms with van der Waals surface area (Å²) in [6.07, 6.45) is 1.93. The van der Waals surface area contributed by atoms with Crippen molar-refractivity contribution >= 4 is 11.9 Å². The van der Waals surface area contributed by atoms with Crippen molar-refractivity contribution in [2.24, 2.45) is 5.41 Å². The maximum absolute atomic E-state index is 12.2. The standard InChI is InChI=1S/C16H18O5/c1-4-10-8-16(14(18)20-2,15(19)21-3)9-11-6-5-7-12(17)13(10)11/h4-7,10,17H,1,8-9H2,2-3H3/t10-/m0/s1. The van der Waals surface area contributed by atoms with Crippen LogP contribution in [0.2, 0.25) is 0 Å². The third kappa shape index (κ3) is 2.28.